The molecule has 1 aliphatic heterocycles. The first kappa shape index (κ1) is 14.3. The Kier molecular flexibility index (Phi) is 2.83. The van der Waals surface area contributed by atoms with E-state index >= 15 is 0 Å². The van der Waals surface area contributed by atoms with Crippen molar-refractivity contribution in [3.8, 4) is 17.3 Å². The molecule has 5 rings (SSSR count). The number of methoxy groups -OCH3 is 1. The minimum Gasteiger partial charge on any atom is -0.497 e. The highest BCUT2D eigenvalue weighted by atomic mass is 16.5. The third-order valence-electron chi connectivity index (χ3n) is 5.24. The van der Waals surface area contributed by atoms with E-state index in [0.29, 0.717) is 11.9 Å². The molecule has 0 saturated carbocycles. The molecule has 5 nitrogen and oxygen atoms in total. The summed E-state index contributed by atoms with van der Waals surface area (Å²) >= 11 is 0. The van der Waals surface area contributed by atoms with Gasteiger partial charge in [0.2, 0.25) is 0 Å². The molecule has 5 heteroatoms. The number of hydrogen-bond donors (Lipinski definition) is 1. The fourth-order valence-electron chi connectivity index (χ4n) is 4.02. The van der Waals surface area contributed by atoms with E-state index in [9.17, 15) is 4.79 Å². The summed E-state index contributed by atoms with van der Waals surface area (Å²) in [7, 11) is 3.65. The van der Waals surface area contributed by atoms with Crippen molar-refractivity contribution in [2.75, 3.05) is 7.11 Å². The Labute approximate surface area is 144 Å². The molecule has 0 radical (unpaired) electrons. The van der Waals surface area contributed by atoms with Crippen LogP contribution in [-0.2, 0) is 20.0 Å². The molecule has 0 fully saturated rings. The first-order chi connectivity index (χ1) is 12.2. The van der Waals surface area contributed by atoms with Gasteiger partial charge in [-0.1, -0.05) is 18.2 Å². The second-order valence-electron chi connectivity index (χ2n) is 6.50. The second kappa shape index (κ2) is 4.96. The molecular formula is C20H18N3O2+. The highest BCUT2D eigenvalue weighted by molar-refractivity contribution is 5.90. The Morgan fingerprint density at radius 2 is 2.00 bits per heavy atom. The molecule has 0 amide bonds. The van der Waals surface area contributed by atoms with Gasteiger partial charge in [-0.2, -0.15) is 4.57 Å². The maximum atomic E-state index is 13.0. The summed E-state index contributed by atoms with van der Waals surface area (Å²) in [6.45, 7) is 0.693. The van der Waals surface area contributed by atoms with Gasteiger partial charge in [0.1, 0.15) is 22.3 Å². The molecule has 25 heavy (non-hydrogen) atoms. The summed E-state index contributed by atoms with van der Waals surface area (Å²) in [5, 5.41) is 1.95. The molecule has 0 bridgehead atoms. The average molecular weight is 332 g/mol. The Hall–Kier alpha value is -3.08. The zero-order valence-corrected chi connectivity index (χ0v) is 14.2. The number of nitrogens with one attached hydrogen (secondary N) is 1. The molecule has 3 heterocycles. The van der Waals surface area contributed by atoms with Crippen molar-refractivity contribution >= 4 is 21.8 Å². The Morgan fingerprint density at radius 1 is 1.16 bits per heavy atom. The Bertz CT molecular complexity index is 1220. The number of rotatable bonds is 1. The highest BCUT2D eigenvalue weighted by Gasteiger charge is 2.31. The summed E-state index contributed by atoms with van der Waals surface area (Å²) in [5.74, 6) is 1.67. The van der Waals surface area contributed by atoms with Gasteiger partial charge < -0.3 is 9.72 Å². The van der Waals surface area contributed by atoms with Crippen LogP contribution < -0.4 is 14.9 Å². The third-order valence-corrected chi connectivity index (χ3v) is 5.24. The van der Waals surface area contributed by atoms with E-state index in [4.69, 9.17) is 4.74 Å². The number of aromatic nitrogens is 3. The number of hydrogen-bond acceptors (Lipinski definition) is 2. The van der Waals surface area contributed by atoms with Crippen molar-refractivity contribution in [1.82, 2.24) is 9.55 Å². The van der Waals surface area contributed by atoms with Crippen molar-refractivity contribution in [3.63, 3.8) is 0 Å². The molecule has 1 aliphatic rings. The molecule has 0 saturated heterocycles. The summed E-state index contributed by atoms with van der Waals surface area (Å²) in [6.07, 6.45) is 0.855. The van der Waals surface area contributed by atoms with Crippen molar-refractivity contribution < 1.29 is 9.30 Å². The minimum absolute atomic E-state index is 0.0510. The number of aromatic amines is 1. The minimum atomic E-state index is 0.0510. The molecule has 1 N–H and O–H groups in total. The van der Waals surface area contributed by atoms with Gasteiger partial charge in [0.05, 0.1) is 20.7 Å². The Balaban J connectivity index is 1.93. The standard InChI is InChI=1S/C20H17N3O2/c1-22-17-11-12(25-2)7-8-15(17)20(24)23-10-9-14-13-5-3-4-6-16(13)21-18(14)19(22)23/h3-8,11H,9-10H2,1-2H3/p+1. The summed E-state index contributed by atoms with van der Waals surface area (Å²) in [6, 6.07) is 13.9. The van der Waals surface area contributed by atoms with E-state index in [1.807, 2.05) is 35.9 Å². The zero-order chi connectivity index (χ0) is 17.1. The van der Waals surface area contributed by atoms with Gasteiger partial charge in [-0.15, -0.1) is 0 Å². The predicted octanol–water partition coefficient (Wildman–Crippen LogP) is 2.54. The smallest absolute Gasteiger partial charge is 0.345 e. The number of H-pyrrole nitrogens is 1. The monoisotopic (exact) mass is 332 g/mol. The predicted molar refractivity (Wildman–Crippen MR) is 96.9 cm³/mol. The van der Waals surface area contributed by atoms with Gasteiger partial charge >= 0.3 is 11.4 Å². The molecule has 124 valence electrons. The van der Waals surface area contributed by atoms with Crippen LogP contribution in [0.15, 0.2) is 47.3 Å². The number of ether oxygens (including phenoxy) is 1. The third kappa shape index (κ3) is 1.83. The lowest BCUT2D eigenvalue weighted by atomic mass is 10.0. The van der Waals surface area contributed by atoms with Crippen LogP contribution in [0.3, 0.4) is 0 Å². The maximum Gasteiger partial charge on any atom is 0.345 e. The quantitative estimate of drug-likeness (QED) is 0.545. The number of nitrogens with zero attached hydrogens (tertiary/aromatic N) is 2. The van der Waals surface area contributed by atoms with Crippen LogP contribution in [0.2, 0.25) is 0 Å². The molecule has 0 atom stereocenters. The van der Waals surface area contributed by atoms with Crippen molar-refractivity contribution in [2.24, 2.45) is 7.05 Å². The van der Waals surface area contributed by atoms with Crippen LogP contribution in [0, 0.1) is 0 Å². The second-order valence-corrected chi connectivity index (χ2v) is 6.50. The first-order valence-corrected chi connectivity index (χ1v) is 8.39. The lowest BCUT2D eigenvalue weighted by Crippen LogP contribution is -2.43. The molecule has 2 aromatic heterocycles. The van der Waals surface area contributed by atoms with E-state index < -0.39 is 0 Å². The number of fused-ring (bicyclic) bond motifs is 6. The largest absolute Gasteiger partial charge is 0.497 e. The van der Waals surface area contributed by atoms with Crippen LogP contribution in [0.5, 0.6) is 5.75 Å². The van der Waals surface area contributed by atoms with Gasteiger partial charge in [0.15, 0.2) is 0 Å². The first-order valence-electron chi connectivity index (χ1n) is 8.39. The fourth-order valence-corrected chi connectivity index (χ4v) is 4.02. The zero-order valence-electron chi connectivity index (χ0n) is 14.2. The van der Waals surface area contributed by atoms with Gasteiger partial charge in [-0.25, -0.2) is 9.36 Å². The number of benzene rings is 2. The van der Waals surface area contributed by atoms with E-state index in [1.54, 1.807) is 7.11 Å². The van der Waals surface area contributed by atoms with Crippen LogP contribution in [0.25, 0.3) is 33.3 Å². The van der Waals surface area contributed by atoms with E-state index in [2.05, 4.69) is 27.8 Å². The topological polar surface area (TPSA) is 50.9 Å². The van der Waals surface area contributed by atoms with Crippen LogP contribution in [0.1, 0.15) is 5.56 Å². The van der Waals surface area contributed by atoms with Crippen molar-refractivity contribution in [3.05, 3.63) is 58.4 Å². The van der Waals surface area contributed by atoms with E-state index in [1.165, 1.54) is 10.9 Å². The van der Waals surface area contributed by atoms with Crippen LogP contribution in [0.4, 0.5) is 0 Å². The van der Waals surface area contributed by atoms with Gasteiger partial charge in [-0.3, -0.25) is 0 Å². The van der Waals surface area contributed by atoms with E-state index in [0.717, 1.165) is 34.7 Å². The number of para-hydroxylation sites is 1. The molecule has 0 unspecified atom stereocenters. The average Bonchev–Trinajstić information content (AvgIpc) is 3.03. The molecular weight excluding hydrogens is 314 g/mol. The van der Waals surface area contributed by atoms with Crippen molar-refractivity contribution in [2.45, 2.75) is 13.0 Å². The lowest BCUT2D eigenvalue weighted by Gasteiger charge is -2.16. The Morgan fingerprint density at radius 3 is 2.84 bits per heavy atom. The van der Waals surface area contributed by atoms with Crippen LogP contribution in [-0.4, -0.2) is 16.7 Å². The van der Waals surface area contributed by atoms with E-state index in [-0.39, 0.29) is 5.56 Å². The molecule has 0 aliphatic carbocycles. The van der Waals surface area contributed by atoms with Gasteiger partial charge in [0, 0.05) is 23.4 Å². The lowest BCUT2D eigenvalue weighted by molar-refractivity contribution is -0.638. The summed E-state index contributed by atoms with van der Waals surface area (Å²) in [5.41, 5.74) is 4.36. The van der Waals surface area contributed by atoms with Crippen molar-refractivity contribution in [1.29, 1.82) is 0 Å². The normalized spacial score (nSPS) is 13.0. The molecule has 0 spiro atoms. The van der Waals surface area contributed by atoms with Gasteiger partial charge in [0.25, 0.3) is 0 Å². The SMILES string of the molecule is COc1ccc2c(=O)n3c([n+](C)c2c1)-c1[nH]c2ccccc2c1CC3. The molecule has 4 aromatic rings. The summed E-state index contributed by atoms with van der Waals surface area (Å²) in [4.78, 5) is 16.6. The van der Waals surface area contributed by atoms with Crippen LogP contribution >= 0.6 is 0 Å². The molecule has 2 aromatic carbocycles. The van der Waals surface area contributed by atoms with Gasteiger partial charge in [-0.05, 0) is 23.8 Å². The number of aryl methyl sites for hydroxylation is 2. The fraction of sp³-hybridized carbons (Fsp3) is 0.200. The maximum absolute atomic E-state index is 13.0. The summed E-state index contributed by atoms with van der Waals surface area (Å²) < 4.78 is 9.32. The highest BCUT2D eigenvalue weighted by Crippen LogP contribution is 2.32.